The Bertz CT molecular complexity index is 889. The number of halogens is 1. The van der Waals surface area contributed by atoms with Crippen LogP contribution in [-0.4, -0.2) is 21.9 Å². The molecular weight excluding hydrogens is 321 g/mol. The van der Waals surface area contributed by atoms with Crippen molar-refractivity contribution in [3.8, 4) is 5.75 Å². The van der Waals surface area contributed by atoms with Gasteiger partial charge in [-0.25, -0.2) is 9.37 Å². The summed E-state index contributed by atoms with van der Waals surface area (Å²) in [6, 6.07) is 9.90. The molecule has 0 bridgehead atoms. The first-order chi connectivity index (χ1) is 12.2. The molecule has 4 rings (SSSR count). The van der Waals surface area contributed by atoms with E-state index < -0.39 is 0 Å². The van der Waals surface area contributed by atoms with Crippen molar-refractivity contribution in [2.24, 2.45) is 0 Å². The van der Waals surface area contributed by atoms with E-state index >= 15 is 0 Å². The number of carbonyl (C=O) groups excluding carboxylic acids is 1. The summed E-state index contributed by atoms with van der Waals surface area (Å²) in [6.45, 7) is 0.567. The number of hydrogen-bond donors (Lipinski definition) is 1. The van der Waals surface area contributed by atoms with Crippen molar-refractivity contribution in [3.05, 3.63) is 65.9 Å². The zero-order valence-corrected chi connectivity index (χ0v) is 13.6. The van der Waals surface area contributed by atoms with Crippen LogP contribution in [0.4, 0.5) is 4.39 Å². The van der Waals surface area contributed by atoms with Crippen LogP contribution in [0.2, 0.25) is 0 Å². The van der Waals surface area contributed by atoms with Crippen molar-refractivity contribution in [3.63, 3.8) is 0 Å². The highest BCUT2D eigenvalue weighted by atomic mass is 19.1. The lowest BCUT2D eigenvalue weighted by molar-refractivity contribution is -0.121. The molecule has 128 valence electrons. The molecule has 0 saturated carbocycles. The summed E-state index contributed by atoms with van der Waals surface area (Å²) in [7, 11) is 0. The van der Waals surface area contributed by atoms with E-state index in [4.69, 9.17) is 4.74 Å². The fourth-order valence-electron chi connectivity index (χ4n) is 3.18. The zero-order chi connectivity index (χ0) is 17.2. The quantitative estimate of drug-likeness (QED) is 0.798. The molecule has 1 aromatic carbocycles. The minimum Gasteiger partial charge on any atom is -0.493 e. The Hall–Kier alpha value is -2.89. The van der Waals surface area contributed by atoms with E-state index in [0.29, 0.717) is 30.0 Å². The number of carbonyl (C=O) groups is 1. The molecule has 0 aliphatic carbocycles. The van der Waals surface area contributed by atoms with Gasteiger partial charge in [0.25, 0.3) is 0 Å². The summed E-state index contributed by atoms with van der Waals surface area (Å²) in [6.07, 6.45) is 5.44. The van der Waals surface area contributed by atoms with E-state index in [2.05, 4.69) is 10.3 Å². The van der Waals surface area contributed by atoms with Crippen molar-refractivity contribution in [2.75, 3.05) is 6.61 Å². The first-order valence-corrected chi connectivity index (χ1v) is 8.33. The first kappa shape index (κ1) is 15.6. The van der Waals surface area contributed by atoms with Crippen LogP contribution in [0.1, 0.15) is 30.1 Å². The summed E-state index contributed by atoms with van der Waals surface area (Å²) >= 11 is 0. The lowest BCUT2D eigenvalue weighted by atomic mass is 10.0. The Kier molecular flexibility index (Phi) is 4.09. The summed E-state index contributed by atoms with van der Waals surface area (Å²) in [5, 5.41) is 3.00. The Morgan fingerprint density at radius 1 is 1.36 bits per heavy atom. The van der Waals surface area contributed by atoms with Crippen molar-refractivity contribution < 1.29 is 13.9 Å². The summed E-state index contributed by atoms with van der Waals surface area (Å²) in [4.78, 5) is 16.9. The van der Waals surface area contributed by atoms with Crippen LogP contribution in [-0.2, 0) is 11.2 Å². The number of nitrogens with zero attached hydrogens (tertiary/aromatic N) is 2. The third kappa shape index (κ3) is 3.33. The lowest BCUT2D eigenvalue weighted by Gasteiger charge is -2.18. The van der Waals surface area contributed by atoms with Gasteiger partial charge in [0.05, 0.1) is 24.8 Å². The van der Waals surface area contributed by atoms with Gasteiger partial charge in [0.15, 0.2) is 0 Å². The molecule has 3 heterocycles. The summed E-state index contributed by atoms with van der Waals surface area (Å²) < 4.78 is 21.1. The summed E-state index contributed by atoms with van der Waals surface area (Å²) in [5.74, 6) is 0.172. The normalized spacial score (nSPS) is 16.8. The van der Waals surface area contributed by atoms with Gasteiger partial charge in [0.1, 0.15) is 17.2 Å². The highest BCUT2D eigenvalue weighted by Crippen LogP contribution is 2.32. The van der Waals surface area contributed by atoms with Gasteiger partial charge in [-0.05, 0) is 43.2 Å². The fourth-order valence-corrected chi connectivity index (χ4v) is 3.18. The molecule has 1 N–H and O–H groups in total. The SMILES string of the molecule is O=C(Cc1cn2ccccc2n1)N[C@H]1CCCOc2ccc(F)cc21. The van der Waals surface area contributed by atoms with Crippen molar-refractivity contribution in [2.45, 2.75) is 25.3 Å². The van der Waals surface area contributed by atoms with Gasteiger partial charge in [-0.1, -0.05) is 6.07 Å². The van der Waals surface area contributed by atoms with Gasteiger partial charge in [-0.3, -0.25) is 4.79 Å². The fraction of sp³-hybridized carbons (Fsp3) is 0.263. The van der Waals surface area contributed by atoms with Crippen LogP contribution in [0.25, 0.3) is 5.65 Å². The molecule has 6 heteroatoms. The number of nitrogens with one attached hydrogen (secondary N) is 1. The van der Waals surface area contributed by atoms with Gasteiger partial charge >= 0.3 is 0 Å². The van der Waals surface area contributed by atoms with Crippen LogP contribution in [0, 0.1) is 5.82 Å². The van der Waals surface area contributed by atoms with Crippen LogP contribution in [0.5, 0.6) is 5.75 Å². The largest absolute Gasteiger partial charge is 0.493 e. The third-order valence-corrected chi connectivity index (χ3v) is 4.33. The van der Waals surface area contributed by atoms with Gasteiger partial charge in [-0.2, -0.15) is 0 Å². The van der Waals surface area contributed by atoms with Gasteiger partial charge in [-0.15, -0.1) is 0 Å². The number of benzene rings is 1. The molecule has 2 aromatic heterocycles. The molecule has 1 aliphatic rings. The van der Waals surface area contributed by atoms with E-state index in [0.717, 1.165) is 12.1 Å². The van der Waals surface area contributed by atoms with Crippen LogP contribution in [0.3, 0.4) is 0 Å². The second kappa shape index (κ2) is 6.55. The summed E-state index contributed by atoms with van der Waals surface area (Å²) in [5.41, 5.74) is 2.20. The number of aromatic nitrogens is 2. The number of ether oxygens (including phenoxy) is 1. The Labute approximate surface area is 144 Å². The predicted molar refractivity (Wildman–Crippen MR) is 90.9 cm³/mol. The highest BCUT2D eigenvalue weighted by Gasteiger charge is 2.22. The second-order valence-electron chi connectivity index (χ2n) is 6.17. The maximum atomic E-state index is 13.6. The molecule has 0 spiro atoms. The number of fused-ring (bicyclic) bond motifs is 2. The van der Waals surface area contributed by atoms with Crippen molar-refractivity contribution in [1.82, 2.24) is 14.7 Å². The Balaban J connectivity index is 1.51. The van der Waals surface area contributed by atoms with E-state index in [1.54, 1.807) is 6.07 Å². The lowest BCUT2D eigenvalue weighted by Crippen LogP contribution is -2.29. The molecule has 1 aliphatic heterocycles. The number of amides is 1. The average molecular weight is 339 g/mol. The topological polar surface area (TPSA) is 55.6 Å². The predicted octanol–water partition coefficient (Wildman–Crippen LogP) is 3.05. The number of hydrogen-bond acceptors (Lipinski definition) is 3. The van der Waals surface area contributed by atoms with Crippen molar-refractivity contribution in [1.29, 1.82) is 0 Å². The Morgan fingerprint density at radius 3 is 3.16 bits per heavy atom. The third-order valence-electron chi connectivity index (χ3n) is 4.33. The number of imidazole rings is 1. The van der Waals surface area contributed by atoms with E-state index in [1.807, 2.05) is 35.0 Å². The molecule has 0 radical (unpaired) electrons. The maximum absolute atomic E-state index is 13.6. The number of pyridine rings is 1. The molecule has 5 nitrogen and oxygen atoms in total. The van der Waals surface area contributed by atoms with E-state index in [-0.39, 0.29) is 24.2 Å². The van der Waals surface area contributed by atoms with Gasteiger partial charge in [0, 0.05) is 18.0 Å². The zero-order valence-electron chi connectivity index (χ0n) is 13.6. The molecule has 0 unspecified atom stereocenters. The maximum Gasteiger partial charge on any atom is 0.226 e. The van der Waals surface area contributed by atoms with Gasteiger partial charge < -0.3 is 14.5 Å². The molecule has 25 heavy (non-hydrogen) atoms. The minimum atomic E-state index is -0.330. The molecule has 1 amide bonds. The minimum absolute atomic E-state index is 0.134. The second-order valence-corrected chi connectivity index (χ2v) is 6.17. The molecule has 3 aromatic rings. The van der Waals surface area contributed by atoms with Crippen molar-refractivity contribution >= 4 is 11.6 Å². The van der Waals surface area contributed by atoms with E-state index in [1.165, 1.54) is 12.1 Å². The molecule has 0 saturated heterocycles. The number of rotatable bonds is 3. The van der Waals surface area contributed by atoms with E-state index in [9.17, 15) is 9.18 Å². The van der Waals surface area contributed by atoms with Crippen LogP contribution >= 0.6 is 0 Å². The van der Waals surface area contributed by atoms with Crippen LogP contribution < -0.4 is 10.1 Å². The highest BCUT2D eigenvalue weighted by molar-refractivity contribution is 5.79. The standard InChI is InChI=1S/C19H18FN3O2/c20-13-6-7-17-15(10-13)16(4-3-9-25-17)22-19(24)11-14-12-23-8-2-1-5-18(23)21-14/h1-2,5-8,10,12,16H,3-4,9,11H2,(H,22,24)/t16-/m0/s1. The van der Waals surface area contributed by atoms with Gasteiger partial charge in [0.2, 0.25) is 5.91 Å². The monoisotopic (exact) mass is 339 g/mol. The smallest absolute Gasteiger partial charge is 0.226 e. The molecule has 1 atom stereocenters. The van der Waals surface area contributed by atoms with Crippen LogP contribution in [0.15, 0.2) is 48.8 Å². The molecule has 0 fully saturated rings. The Morgan fingerprint density at radius 2 is 2.28 bits per heavy atom. The average Bonchev–Trinajstić information content (AvgIpc) is 2.90. The molecular formula is C19H18FN3O2. The first-order valence-electron chi connectivity index (χ1n) is 8.33.